The maximum absolute atomic E-state index is 15.1. The zero-order valence-electron chi connectivity index (χ0n) is 20.4. The number of halogens is 3. The number of rotatable bonds is 8. The minimum Gasteiger partial charge on any atom is -0.479 e. The monoisotopic (exact) mass is 563 g/mol. The fraction of sp³-hybridized carbons (Fsp3) is 0.321. The van der Waals surface area contributed by atoms with Gasteiger partial charge in [0.15, 0.2) is 21.4 Å². The average molecular weight is 565 g/mol. The first-order valence-corrected chi connectivity index (χ1v) is 14.6. The molecule has 1 fully saturated rings. The third-order valence-electron chi connectivity index (χ3n) is 6.63. The lowest BCUT2D eigenvalue weighted by molar-refractivity contribution is -0.115. The third-order valence-corrected chi connectivity index (χ3v) is 8.93. The fourth-order valence-corrected chi connectivity index (χ4v) is 6.12. The van der Waals surface area contributed by atoms with Crippen molar-refractivity contribution in [2.75, 3.05) is 11.1 Å². The van der Waals surface area contributed by atoms with Crippen molar-refractivity contribution in [3.8, 4) is 5.75 Å². The van der Waals surface area contributed by atoms with Crippen molar-refractivity contribution < 1.29 is 22.3 Å². The van der Waals surface area contributed by atoms with Crippen LogP contribution in [-0.2, 0) is 26.7 Å². The van der Waals surface area contributed by atoms with E-state index < -0.39 is 21.3 Å². The van der Waals surface area contributed by atoms with E-state index in [0.29, 0.717) is 34.1 Å². The van der Waals surface area contributed by atoms with Gasteiger partial charge in [0.05, 0.1) is 17.1 Å². The molecule has 0 saturated heterocycles. The van der Waals surface area contributed by atoms with Gasteiger partial charge in [-0.1, -0.05) is 54.7 Å². The van der Waals surface area contributed by atoms with Crippen LogP contribution in [0.5, 0.6) is 5.75 Å². The van der Waals surface area contributed by atoms with E-state index in [2.05, 4.69) is 5.32 Å². The zero-order chi connectivity index (χ0) is 26.6. The van der Waals surface area contributed by atoms with Gasteiger partial charge in [-0.2, -0.15) is 0 Å². The fourth-order valence-electron chi connectivity index (χ4n) is 4.65. The second-order valence-corrected chi connectivity index (χ2v) is 12.3. The van der Waals surface area contributed by atoms with Gasteiger partial charge in [0.2, 0.25) is 5.91 Å². The Morgan fingerprint density at radius 3 is 2.32 bits per heavy atom. The smallest absolute Gasteiger partial charge is 0.228 e. The number of anilines is 1. The van der Waals surface area contributed by atoms with Crippen molar-refractivity contribution in [1.29, 1.82) is 0 Å². The average Bonchev–Trinajstić information content (AvgIpc) is 2.86. The first kappa shape index (κ1) is 27.4. The molecule has 1 aliphatic carbocycles. The highest BCUT2D eigenvalue weighted by atomic mass is 35.5. The SMILES string of the molecule is CCS(=O)(=O)c1ccc(CC(=O)Nc2ccc(OC3(c4ccc(Cl)cc4Cl)CCCCC3)c(F)c2)cc1. The Hall–Kier alpha value is -2.61. The molecule has 0 aromatic heterocycles. The molecule has 3 aromatic carbocycles. The summed E-state index contributed by atoms with van der Waals surface area (Å²) in [6.07, 6.45) is 4.35. The highest BCUT2D eigenvalue weighted by Crippen LogP contribution is 2.45. The lowest BCUT2D eigenvalue weighted by Crippen LogP contribution is -2.36. The summed E-state index contributed by atoms with van der Waals surface area (Å²) in [4.78, 5) is 12.7. The van der Waals surface area contributed by atoms with E-state index in [4.69, 9.17) is 27.9 Å². The first-order valence-electron chi connectivity index (χ1n) is 12.2. The van der Waals surface area contributed by atoms with Crippen LogP contribution in [0.25, 0.3) is 0 Å². The minimum absolute atomic E-state index is 0.00592. The van der Waals surface area contributed by atoms with E-state index in [0.717, 1.165) is 24.8 Å². The maximum Gasteiger partial charge on any atom is 0.228 e. The number of amides is 1. The molecule has 9 heteroatoms. The molecule has 4 rings (SSSR count). The number of hydrogen-bond acceptors (Lipinski definition) is 4. The van der Waals surface area contributed by atoms with Crippen molar-refractivity contribution in [3.05, 3.63) is 87.7 Å². The molecule has 1 saturated carbocycles. The minimum atomic E-state index is -3.31. The molecule has 1 aliphatic rings. The zero-order valence-corrected chi connectivity index (χ0v) is 22.7. The van der Waals surface area contributed by atoms with E-state index in [1.807, 2.05) is 6.07 Å². The number of sulfone groups is 1. The van der Waals surface area contributed by atoms with Crippen molar-refractivity contribution >= 4 is 44.6 Å². The summed E-state index contributed by atoms with van der Waals surface area (Å²) >= 11 is 12.6. The van der Waals surface area contributed by atoms with Gasteiger partial charge in [0, 0.05) is 27.4 Å². The molecule has 0 heterocycles. The van der Waals surface area contributed by atoms with Crippen molar-refractivity contribution in [2.45, 2.75) is 55.9 Å². The highest BCUT2D eigenvalue weighted by Gasteiger charge is 2.38. The van der Waals surface area contributed by atoms with E-state index in [1.54, 1.807) is 37.3 Å². The van der Waals surface area contributed by atoms with Gasteiger partial charge in [-0.05, 0) is 67.6 Å². The van der Waals surface area contributed by atoms with E-state index in [1.165, 1.54) is 24.3 Å². The number of carbonyl (C=O) groups is 1. The van der Waals surface area contributed by atoms with Crippen LogP contribution in [0.1, 0.15) is 50.2 Å². The predicted octanol–water partition coefficient (Wildman–Crippen LogP) is 7.35. The molecule has 196 valence electrons. The van der Waals surface area contributed by atoms with Gasteiger partial charge in [0.1, 0.15) is 5.60 Å². The van der Waals surface area contributed by atoms with Crippen LogP contribution < -0.4 is 10.1 Å². The summed E-state index contributed by atoms with van der Waals surface area (Å²) in [6, 6.07) is 15.8. The Balaban J connectivity index is 1.47. The third kappa shape index (κ3) is 6.46. The Kier molecular flexibility index (Phi) is 8.46. The quantitative estimate of drug-likeness (QED) is 0.311. The molecular formula is C28H28Cl2FNO4S. The van der Waals surface area contributed by atoms with Gasteiger partial charge in [-0.15, -0.1) is 0 Å². The van der Waals surface area contributed by atoms with E-state index in [-0.39, 0.29) is 28.7 Å². The molecule has 0 aliphatic heterocycles. The molecular weight excluding hydrogens is 536 g/mol. The van der Waals surface area contributed by atoms with Gasteiger partial charge in [0.25, 0.3) is 0 Å². The second kappa shape index (κ2) is 11.4. The largest absolute Gasteiger partial charge is 0.479 e. The number of hydrogen-bond donors (Lipinski definition) is 1. The summed E-state index contributed by atoms with van der Waals surface area (Å²) in [6.45, 7) is 1.58. The Morgan fingerprint density at radius 1 is 1.00 bits per heavy atom. The summed E-state index contributed by atoms with van der Waals surface area (Å²) in [7, 11) is -3.31. The van der Waals surface area contributed by atoms with Crippen LogP contribution >= 0.6 is 23.2 Å². The number of carbonyl (C=O) groups excluding carboxylic acids is 1. The van der Waals surface area contributed by atoms with Crippen LogP contribution in [0.2, 0.25) is 10.0 Å². The van der Waals surface area contributed by atoms with Crippen LogP contribution in [0.3, 0.4) is 0 Å². The van der Waals surface area contributed by atoms with E-state index >= 15 is 4.39 Å². The number of benzene rings is 3. The summed E-state index contributed by atoms with van der Waals surface area (Å²) in [5.41, 5.74) is 0.963. The van der Waals surface area contributed by atoms with Gasteiger partial charge >= 0.3 is 0 Å². The molecule has 0 bridgehead atoms. The molecule has 0 unspecified atom stereocenters. The normalized spacial score (nSPS) is 15.2. The number of nitrogens with one attached hydrogen (secondary N) is 1. The Morgan fingerprint density at radius 2 is 1.70 bits per heavy atom. The molecule has 1 amide bonds. The molecule has 37 heavy (non-hydrogen) atoms. The number of ether oxygens (including phenoxy) is 1. The maximum atomic E-state index is 15.1. The lowest BCUT2D eigenvalue weighted by Gasteiger charge is -2.39. The van der Waals surface area contributed by atoms with Crippen LogP contribution in [-0.4, -0.2) is 20.1 Å². The van der Waals surface area contributed by atoms with Crippen LogP contribution in [0.15, 0.2) is 65.6 Å². The lowest BCUT2D eigenvalue weighted by atomic mass is 9.79. The van der Waals surface area contributed by atoms with E-state index in [9.17, 15) is 13.2 Å². The molecule has 1 N–H and O–H groups in total. The van der Waals surface area contributed by atoms with Gasteiger partial charge in [-0.3, -0.25) is 4.79 Å². The topological polar surface area (TPSA) is 72.5 Å². The van der Waals surface area contributed by atoms with Crippen molar-refractivity contribution in [1.82, 2.24) is 0 Å². The Labute approximate surface area is 226 Å². The summed E-state index contributed by atoms with van der Waals surface area (Å²) in [5, 5.41) is 3.69. The predicted molar refractivity (Wildman–Crippen MR) is 145 cm³/mol. The van der Waals surface area contributed by atoms with Gasteiger partial charge in [-0.25, -0.2) is 12.8 Å². The van der Waals surface area contributed by atoms with Gasteiger partial charge < -0.3 is 10.1 Å². The molecule has 0 spiro atoms. The first-order chi connectivity index (χ1) is 17.6. The van der Waals surface area contributed by atoms with Crippen LogP contribution in [0, 0.1) is 5.82 Å². The standard InChI is InChI=1S/C28H28Cl2FNO4S/c1-2-37(34,35)22-10-6-19(7-11-22)16-27(33)32-21-9-13-26(25(31)18-21)36-28(14-4-3-5-15-28)23-12-8-20(29)17-24(23)30/h6-13,17-18H,2-5,14-16H2,1H3,(H,32,33). The second-order valence-electron chi connectivity index (χ2n) is 9.20. The molecule has 0 atom stereocenters. The highest BCUT2D eigenvalue weighted by molar-refractivity contribution is 7.91. The van der Waals surface area contributed by atoms with Crippen molar-refractivity contribution in [3.63, 3.8) is 0 Å². The van der Waals surface area contributed by atoms with Crippen LogP contribution in [0.4, 0.5) is 10.1 Å². The Bertz CT molecular complexity index is 1390. The molecule has 3 aromatic rings. The summed E-state index contributed by atoms with van der Waals surface area (Å²) < 4.78 is 45.4. The molecule has 5 nitrogen and oxygen atoms in total. The van der Waals surface area contributed by atoms with Crippen molar-refractivity contribution in [2.24, 2.45) is 0 Å². The summed E-state index contributed by atoms with van der Waals surface area (Å²) in [5.74, 6) is -0.858. The molecule has 0 radical (unpaired) electrons.